The first-order valence-electron chi connectivity index (χ1n) is 5.94. The van der Waals surface area contributed by atoms with Gasteiger partial charge in [0.25, 0.3) is 0 Å². The Labute approximate surface area is 120 Å². The SMILES string of the molecule is Cc1nc(Cl)nc(N2CCCS(=O)(=O)CC2)c1[N+](=O)[O-]. The number of halogens is 1. The Morgan fingerprint density at radius 1 is 1.30 bits per heavy atom. The average Bonchev–Trinajstić information content (AvgIpc) is 2.48. The van der Waals surface area contributed by atoms with E-state index in [2.05, 4.69) is 9.97 Å². The van der Waals surface area contributed by atoms with Crippen molar-refractivity contribution in [3.8, 4) is 0 Å². The second-order valence-corrected chi connectivity index (χ2v) is 7.14. The summed E-state index contributed by atoms with van der Waals surface area (Å²) in [5.41, 5.74) is -0.0641. The zero-order chi connectivity index (χ0) is 14.9. The van der Waals surface area contributed by atoms with Gasteiger partial charge in [-0.25, -0.2) is 13.4 Å². The molecule has 0 atom stereocenters. The molecule has 0 aliphatic carbocycles. The molecule has 0 unspecified atom stereocenters. The second kappa shape index (κ2) is 5.49. The predicted octanol–water partition coefficient (Wildman–Crippen LogP) is 0.972. The van der Waals surface area contributed by atoms with Crippen LogP contribution in [0.25, 0.3) is 0 Å². The fraction of sp³-hybridized carbons (Fsp3) is 0.600. The number of nitrogens with zero attached hydrogens (tertiary/aromatic N) is 4. The molecule has 0 saturated carbocycles. The van der Waals surface area contributed by atoms with Gasteiger partial charge in [0.15, 0.2) is 9.84 Å². The van der Waals surface area contributed by atoms with Crippen LogP contribution >= 0.6 is 11.6 Å². The minimum atomic E-state index is -3.10. The normalized spacial score (nSPS) is 18.6. The number of anilines is 1. The molecule has 0 bridgehead atoms. The van der Waals surface area contributed by atoms with Crippen LogP contribution in [0.5, 0.6) is 0 Å². The van der Waals surface area contributed by atoms with E-state index < -0.39 is 14.8 Å². The zero-order valence-corrected chi connectivity index (χ0v) is 12.3. The van der Waals surface area contributed by atoms with E-state index in [0.29, 0.717) is 13.0 Å². The van der Waals surface area contributed by atoms with Gasteiger partial charge in [0.05, 0.1) is 16.4 Å². The lowest BCUT2D eigenvalue weighted by Gasteiger charge is -2.20. The molecule has 1 saturated heterocycles. The number of nitro groups is 1. The Hall–Kier alpha value is -1.48. The molecule has 8 nitrogen and oxygen atoms in total. The molecule has 2 heterocycles. The average molecular weight is 321 g/mol. The summed E-state index contributed by atoms with van der Waals surface area (Å²) in [5.74, 6) is 0.115. The summed E-state index contributed by atoms with van der Waals surface area (Å²) in [7, 11) is -3.10. The van der Waals surface area contributed by atoms with Gasteiger partial charge in [0.2, 0.25) is 11.1 Å². The highest BCUT2D eigenvalue weighted by Crippen LogP contribution is 2.30. The molecule has 1 aliphatic rings. The van der Waals surface area contributed by atoms with Crippen LogP contribution in [-0.2, 0) is 9.84 Å². The maximum Gasteiger partial charge on any atom is 0.332 e. The van der Waals surface area contributed by atoms with Crippen molar-refractivity contribution in [1.29, 1.82) is 0 Å². The summed E-state index contributed by atoms with van der Waals surface area (Å²) >= 11 is 5.75. The topological polar surface area (TPSA) is 106 Å². The Balaban J connectivity index is 2.44. The minimum absolute atomic E-state index is 0.0508. The highest BCUT2D eigenvalue weighted by molar-refractivity contribution is 7.91. The molecule has 1 aromatic rings. The number of hydrogen-bond acceptors (Lipinski definition) is 7. The van der Waals surface area contributed by atoms with Gasteiger partial charge in [0, 0.05) is 13.1 Å². The molecule has 1 fully saturated rings. The molecule has 1 aromatic heterocycles. The van der Waals surface area contributed by atoms with Crippen LogP contribution in [0.15, 0.2) is 0 Å². The quantitative estimate of drug-likeness (QED) is 0.454. The molecule has 2 rings (SSSR count). The number of aromatic nitrogens is 2. The number of hydrogen-bond donors (Lipinski definition) is 0. The number of sulfone groups is 1. The van der Waals surface area contributed by atoms with Crippen LogP contribution in [0.2, 0.25) is 5.28 Å². The summed E-state index contributed by atoms with van der Waals surface area (Å²) in [4.78, 5) is 19.8. The molecule has 0 aromatic carbocycles. The predicted molar refractivity (Wildman–Crippen MR) is 73.9 cm³/mol. The first-order valence-corrected chi connectivity index (χ1v) is 8.14. The first-order chi connectivity index (χ1) is 9.30. The Kier molecular flexibility index (Phi) is 4.09. The highest BCUT2D eigenvalue weighted by atomic mass is 35.5. The molecule has 0 spiro atoms. The lowest BCUT2D eigenvalue weighted by molar-refractivity contribution is -0.385. The molecular formula is C10H13ClN4O4S. The van der Waals surface area contributed by atoms with Gasteiger partial charge in [-0.15, -0.1) is 0 Å². The van der Waals surface area contributed by atoms with Crippen molar-refractivity contribution in [2.75, 3.05) is 29.5 Å². The van der Waals surface area contributed by atoms with Crippen molar-refractivity contribution in [1.82, 2.24) is 9.97 Å². The van der Waals surface area contributed by atoms with Crippen LogP contribution in [-0.4, -0.2) is 47.9 Å². The molecule has 20 heavy (non-hydrogen) atoms. The van der Waals surface area contributed by atoms with Crippen LogP contribution in [0.4, 0.5) is 11.5 Å². The third kappa shape index (κ3) is 3.15. The first kappa shape index (κ1) is 14.9. The van der Waals surface area contributed by atoms with Crippen LogP contribution in [0.3, 0.4) is 0 Å². The van der Waals surface area contributed by atoms with Crippen LogP contribution < -0.4 is 4.90 Å². The van der Waals surface area contributed by atoms with Gasteiger partial charge in [-0.05, 0) is 24.9 Å². The van der Waals surface area contributed by atoms with E-state index in [1.807, 2.05) is 0 Å². The van der Waals surface area contributed by atoms with Crippen molar-refractivity contribution < 1.29 is 13.3 Å². The van der Waals surface area contributed by atoms with E-state index in [4.69, 9.17) is 11.6 Å². The Bertz CT molecular complexity index is 649. The maximum absolute atomic E-state index is 11.6. The minimum Gasteiger partial charge on any atom is -0.350 e. The van der Waals surface area contributed by atoms with E-state index in [0.717, 1.165) is 0 Å². The molecule has 0 N–H and O–H groups in total. The Morgan fingerprint density at radius 2 is 2.00 bits per heavy atom. The van der Waals surface area contributed by atoms with Crippen LogP contribution in [0, 0.1) is 17.0 Å². The van der Waals surface area contributed by atoms with E-state index in [1.165, 1.54) is 6.92 Å². The van der Waals surface area contributed by atoms with Gasteiger partial charge in [0.1, 0.15) is 5.69 Å². The van der Waals surface area contributed by atoms with Crippen molar-refractivity contribution in [2.24, 2.45) is 0 Å². The fourth-order valence-electron chi connectivity index (χ4n) is 2.10. The molecule has 110 valence electrons. The van der Waals surface area contributed by atoms with Gasteiger partial charge >= 0.3 is 5.69 Å². The van der Waals surface area contributed by atoms with Gasteiger partial charge in [-0.3, -0.25) is 10.1 Å². The summed E-state index contributed by atoms with van der Waals surface area (Å²) < 4.78 is 23.2. The maximum atomic E-state index is 11.6. The summed E-state index contributed by atoms with van der Waals surface area (Å²) in [6.45, 7) is 2.02. The van der Waals surface area contributed by atoms with Crippen molar-refractivity contribution in [2.45, 2.75) is 13.3 Å². The standard InChI is InChI=1S/C10H13ClN4O4S/c1-7-8(15(16)17)9(13-10(11)12-7)14-3-2-5-20(18,19)6-4-14/h2-6H2,1H3. The van der Waals surface area contributed by atoms with E-state index >= 15 is 0 Å². The molecule has 10 heteroatoms. The lowest BCUT2D eigenvalue weighted by atomic mass is 10.3. The molecule has 1 aliphatic heterocycles. The third-order valence-corrected chi connectivity index (χ3v) is 4.93. The smallest absolute Gasteiger partial charge is 0.332 e. The fourth-order valence-corrected chi connectivity index (χ4v) is 3.58. The molecule has 0 amide bonds. The van der Waals surface area contributed by atoms with Crippen LogP contribution in [0.1, 0.15) is 12.1 Å². The third-order valence-electron chi connectivity index (χ3n) is 3.05. The molecular weight excluding hydrogens is 308 g/mol. The Morgan fingerprint density at radius 3 is 2.65 bits per heavy atom. The summed E-state index contributed by atoms with van der Waals surface area (Å²) in [6, 6.07) is 0. The van der Waals surface area contributed by atoms with Gasteiger partial charge in [-0.1, -0.05) is 0 Å². The van der Waals surface area contributed by atoms with Gasteiger partial charge in [-0.2, -0.15) is 4.98 Å². The number of rotatable bonds is 2. The number of aryl methyl sites for hydroxylation is 1. The summed E-state index contributed by atoms with van der Waals surface area (Å²) in [6.07, 6.45) is 0.403. The zero-order valence-electron chi connectivity index (χ0n) is 10.7. The highest BCUT2D eigenvalue weighted by Gasteiger charge is 2.28. The van der Waals surface area contributed by atoms with E-state index in [9.17, 15) is 18.5 Å². The summed E-state index contributed by atoms with van der Waals surface area (Å²) in [5, 5.41) is 11.1. The lowest BCUT2D eigenvalue weighted by Crippen LogP contribution is -2.28. The van der Waals surface area contributed by atoms with E-state index in [-0.39, 0.29) is 40.5 Å². The molecule has 0 radical (unpaired) electrons. The van der Waals surface area contributed by atoms with E-state index in [1.54, 1.807) is 4.90 Å². The van der Waals surface area contributed by atoms with Gasteiger partial charge < -0.3 is 4.90 Å². The van der Waals surface area contributed by atoms with Crippen molar-refractivity contribution >= 4 is 32.9 Å². The monoisotopic (exact) mass is 320 g/mol. The van der Waals surface area contributed by atoms with Crippen molar-refractivity contribution in [3.05, 3.63) is 21.1 Å². The second-order valence-electron chi connectivity index (χ2n) is 4.50. The van der Waals surface area contributed by atoms with Crippen molar-refractivity contribution in [3.63, 3.8) is 0 Å². The largest absolute Gasteiger partial charge is 0.350 e.